The van der Waals surface area contributed by atoms with E-state index in [4.69, 9.17) is 4.74 Å². The fourth-order valence-electron chi connectivity index (χ4n) is 2.95. The van der Waals surface area contributed by atoms with Gasteiger partial charge in [0.15, 0.2) is 6.10 Å². The van der Waals surface area contributed by atoms with Crippen LogP contribution in [-0.4, -0.2) is 17.7 Å². The summed E-state index contributed by atoms with van der Waals surface area (Å²) in [6.45, 7) is 3.87. The molecule has 1 atom stereocenters. The van der Waals surface area contributed by atoms with Crippen molar-refractivity contribution >= 4 is 22.4 Å². The average Bonchev–Trinajstić information content (AvgIpc) is 2.74. The van der Waals surface area contributed by atoms with Crippen molar-refractivity contribution in [2.75, 3.05) is 0 Å². The zero-order chi connectivity index (χ0) is 19.8. The Hall–Kier alpha value is -3.14. The highest BCUT2D eigenvalue weighted by Gasteiger charge is 2.15. The van der Waals surface area contributed by atoms with Crippen LogP contribution in [0.5, 0.6) is 5.75 Å². The fraction of sp³-hybridized carbons (Fsp3) is 0.250. The first kappa shape index (κ1) is 19.6. The van der Waals surface area contributed by atoms with Crippen molar-refractivity contribution in [2.24, 2.45) is 5.10 Å². The molecule has 0 bridgehead atoms. The second kappa shape index (κ2) is 9.70. The lowest BCUT2D eigenvalue weighted by atomic mass is 10.1. The molecule has 0 aliphatic heterocycles. The van der Waals surface area contributed by atoms with E-state index in [0.717, 1.165) is 41.3 Å². The third-order valence-corrected chi connectivity index (χ3v) is 4.58. The summed E-state index contributed by atoms with van der Waals surface area (Å²) in [4.78, 5) is 12.5. The van der Waals surface area contributed by atoms with Crippen LogP contribution in [0.3, 0.4) is 0 Å². The fourth-order valence-corrected chi connectivity index (χ4v) is 2.95. The number of benzene rings is 3. The van der Waals surface area contributed by atoms with E-state index in [1.54, 1.807) is 6.92 Å². The summed E-state index contributed by atoms with van der Waals surface area (Å²) in [5.74, 6) is 0.401. The minimum absolute atomic E-state index is 0.266. The number of nitrogens with one attached hydrogen (secondary N) is 1. The van der Waals surface area contributed by atoms with Crippen molar-refractivity contribution in [3.05, 3.63) is 78.4 Å². The highest BCUT2D eigenvalue weighted by atomic mass is 16.5. The summed E-state index contributed by atoms with van der Waals surface area (Å²) in [5, 5.41) is 6.60. The first-order chi connectivity index (χ1) is 13.7. The molecule has 0 unspecified atom stereocenters. The van der Waals surface area contributed by atoms with E-state index in [-0.39, 0.29) is 5.91 Å². The predicted molar refractivity (Wildman–Crippen MR) is 115 cm³/mol. The normalized spacial score (nSPS) is 12.6. The molecule has 4 heteroatoms. The maximum atomic E-state index is 12.5. The van der Waals surface area contributed by atoms with E-state index in [1.807, 2.05) is 72.8 Å². The zero-order valence-corrected chi connectivity index (χ0v) is 16.4. The molecule has 0 heterocycles. The van der Waals surface area contributed by atoms with E-state index in [9.17, 15) is 4.79 Å². The Labute approximate surface area is 166 Å². The number of rotatable bonds is 8. The third kappa shape index (κ3) is 5.19. The summed E-state index contributed by atoms with van der Waals surface area (Å²) in [6, 6.07) is 23.8. The van der Waals surface area contributed by atoms with Crippen LogP contribution in [0.25, 0.3) is 10.8 Å². The smallest absolute Gasteiger partial charge is 0.280 e. The molecular weight excluding hydrogens is 348 g/mol. The standard InChI is InChI=1S/C24H26N2O2/c1-3-4-14-23(20-11-6-5-7-12-20)25-26-24(27)18(2)28-22-16-15-19-10-8-9-13-21(19)17-22/h5-13,15-18H,3-4,14H2,1-2H3,(H,26,27)/b25-23+/t18-/m1/s1. The van der Waals surface area contributed by atoms with Gasteiger partial charge in [-0.25, -0.2) is 5.43 Å². The molecule has 0 aliphatic rings. The van der Waals surface area contributed by atoms with Crippen molar-refractivity contribution in [3.8, 4) is 5.75 Å². The van der Waals surface area contributed by atoms with Gasteiger partial charge >= 0.3 is 0 Å². The lowest BCUT2D eigenvalue weighted by Crippen LogP contribution is -2.34. The number of carbonyl (C=O) groups excluding carboxylic acids is 1. The van der Waals surface area contributed by atoms with Gasteiger partial charge in [0.05, 0.1) is 5.71 Å². The van der Waals surface area contributed by atoms with Crippen LogP contribution >= 0.6 is 0 Å². The lowest BCUT2D eigenvalue weighted by molar-refractivity contribution is -0.127. The van der Waals surface area contributed by atoms with E-state index in [0.29, 0.717) is 5.75 Å². The van der Waals surface area contributed by atoms with Crippen LogP contribution in [0.4, 0.5) is 0 Å². The van der Waals surface area contributed by atoms with E-state index < -0.39 is 6.10 Å². The van der Waals surface area contributed by atoms with Crippen LogP contribution in [0.2, 0.25) is 0 Å². The Bertz CT molecular complexity index is 951. The van der Waals surface area contributed by atoms with Crippen molar-refractivity contribution in [2.45, 2.75) is 39.2 Å². The number of amides is 1. The first-order valence-electron chi connectivity index (χ1n) is 9.74. The molecule has 3 aromatic carbocycles. The third-order valence-electron chi connectivity index (χ3n) is 4.58. The Morgan fingerprint density at radius 2 is 1.71 bits per heavy atom. The van der Waals surface area contributed by atoms with Crippen LogP contribution in [0.1, 0.15) is 38.7 Å². The number of hydrazone groups is 1. The second-order valence-corrected chi connectivity index (χ2v) is 6.77. The van der Waals surface area contributed by atoms with Gasteiger partial charge in [0, 0.05) is 0 Å². The van der Waals surface area contributed by atoms with Crippen molar-refractivity contribution in [1.82, 2.24) is 5.43 Å². The van der Waals surface area contributed by atoms with Crippen molar-refractivity contribution in [3.63, 3.8) is 0 Å². The van der Waals surface area contributed by atoms with E-state index >= 15 is 0 Å². The van der Waals surface area contributed by atoms with Gasteiger partial charge in [0.2, 0.25) is 0 Å². The number of nitrogens with zero attached hydrogens (tertiary/aromatic N) is 1. The molecule has 0 saturated heterocycles. The molecule has 0 aliphatic carbocycles. The predicted octanol–water partition coefficient (Wildman–Crippen LogP) is 5.32. The van der Waals surface area contributed by atoms with E-state index in [2.05, 4.69) is 17.5 Å². The number of fused-ring (bicyclic) bond motifs is 1. The zero-order valence-electron chi connectivity index (χ0n) is 16.4. The second-order valence-electron chi connectivity index (χ2n) is 6.77. The van der Waals surface area contributed by atoms with Gasteiger partial charge in [0.25, 0.3) is 5.91 Å². The Morgan fingerprint density at radius 1 is 1.00 bits per heavy atom. The van der Waals surface area contributed by atoms with Gasteiger partial charge in [-0.05, 0) is 48.2 Å². The highest BCUT2D eigenvalue weighted by molar-refractivity contribution is 6.01. The van der Waals surface area contributed by atoms with Crippen LogP contribution in [0, 0.1) is 0 Å². The van der Waals surface area contributed by atoms with E-state index in [1.165, 1.54) is 0 Å². The Morgan fingerprint density at radius 3 is 2.46 bits per heavy atom. The van der Waals surface area contributed by atoms with Crippen LogP contribution in [-0.2, 0) is 4.79 Å². The molecule has 0 aromatic heterocycles. The van der Waals surface area contributed by atoms with Gasteiger partial charge < -0.3 is 4.74 Å². The largest absolute Gasteiger partial charge is 0.481 e. The molecule has 0 radical (unpaired) electrons. The average molecular weight is 374 g/mol. The van der Waals surface area contributed by atoms with Crippen molar-refractivity contribution in [1.29, 1.82) is 0 Å². The number of hydrogen-bond donors (Lipinski definition) is 1. The molecule has 0 fully saturated rings. The molecule has 3 aromatic rings. The Kier molecular flexibility index (Phi) is 6.79. The minimum atomic E-state index is -0.645. The van der Waals surface area contributed by atoms with Gasteiger partial charge in [0.1, 0.15) is 5.75 Å². The monoisotopic (exact) mass is 374 g/mol. The van der Waals surface area contributed by atoms with Gasteiger partial charge in [-0.2, -0.15) is 5.10 Å². The van der Waals surface area contributed by atoms with Gasteiger partial charge in [-0.3, -0.25) is 4.79 Å². The maximum absolute atomic E-state index is 12.5. The number of carbonyl (C=O) groups is 1. The summed E-state index contributed by atoms with van der Waals surface area (Å²) >= 11 is 0. The molecule has 0 spiro atoms. The van der Waals surface area contributed by atoms with Crippen molar-refractivity contribution < 1.29 is 9.53 Å². The van der Waals surface area contributed by atoms with Gasteiger partial charge in [-0.1, -0.05) is 74.0 Å². The molecule has 1 amide bonds. The minimum Gasteiger partial charge on any atom is -0.481 e. The highest BCUT2D eigenvalue weighted by Crippen LogP contribution is 2.21. The summed E-state index contributed by atoms with van der Waals surface area (Å²) in [6.07, 6.45) is 2.27. The maximum Gasteiger partial charge on any atom is 0.280 e. The molecule has 3 rings (SSSR count). The topological polar surface area (TPSA) is 50.7 Å². The van der Waals surface area contributed by atoms with Gasteiger partial charge in [-0.15, -0.1) is 0 Å². The SMILES string of the molecule is CCCC/C(=N\NC(=O)[C@@H](C)Oc1ccc2ccccc2c1)c1ccccc1. The summed E-state index contributed by atoms with van der Waals surface area (Å²) in [5.41, 5.74) is 4.58. The van der Waals surface area contributed by atoms with Crippen LogP contribution in [0.15, 0.2) is 77.9 Å². The first-order valence-corrected chi connectivity index (χ1v) is 9.74. The molecule has 1 N–H and O–H groups in total. The summed E-state index contributed by atoms with van der Waals surface area (Å²) in [7, 11) is 0. The molecule has 28 heavy (non-hydrogen) atoms. The van der Waals surface area contributed by atoms with Crippen LogP contribution < -0.4 is 10.2 Å². The molecular formula is C24H26N2O2. The quantitative estimate of drug-likeness (QED) is 0.429. The molecule has 4 nitrogen and oxygen atoms in total. The Balaban J connectivity index is 1.66. The summed E-state index contributed by atoms with van der Waals surface area (Å²) < 4.78 is 5.82. The molecule has 0 saturated carbocycles. The molecule has 144 valence electrons. The lowest BCUT2D eigenvalue weighted by Gasteiger charge is -2.14. The number of unbranched alkanes of at least 4 members (excludes halogenated alkanes) is 1. The number of ether oxygens (including phenoxy) is 1. The number of hydrogen-bond acceptors (Lipinski definition) is 3.